The number of likely N-dealkylation sites (tertiary alicyclic amines) is 1. The summed E-state index contributed by atoms with van der Waals surface area (Å²) in [5.41, 5.74) is 2.43. The maximum atomic E-state index is 12.4. The lowest BCUT2D eigenvalue weighted by molar-refractivity contribution is -0.122. The molecule has 0 spiro atoms. The van der Waals surface area contributed by atoms with E-state index in [1.807, 2.05) is 43.9 Å². The van der Waals surface area contributed by atoms with Gasteiger partial charge in [0.2, 0.25) is 5.91 Å². The predicted octanol–water partition coefficient (Wildman–Crippen LogP) is 1.36. The molecular weight excluding hydrogens is 359 g/mol. The van der Waals surface area contributed by atoms with Gasteiger partial charge in [0.05, 0.1) is 12.2 Å². The molecular formula is C20H29BN2O5. The molecule has 3 rings (SSSR count). The number of carbonyl (C=O) groups excluding carboxylic acids is 1. The normalized spacial score (nSPS) is 20.4. The molecule has 1 aromatic carbocycles. The molecule has 1 fully saturated rings. The number of nitrogens with one attached hydrogen (secondary N) is 1. The second kappa shape index (κ2) is 8.25. The van der Waals surface area contributed by atoms with Crippen molar-refractivity contribution in [2.75, 3.05) is 6.54 Å². The molecule has 1 saturated heterocycles. The summed E-state index contributed by atoms with van der Waals surface area (Å²) in [5, 5.41) is 33.2. The van der Waals surface area contributed by atoms with Crippen molar-refractivity contribution >= 4 is 24.0 Å². The van der Waals surface area contributed by atoms with Crippen LogP contribution in [-0.2, 0) is 11.2 Å². The third-order valence-corrected chi connectivity index (χ3v) is 5.75. The van der Waals surface area contributed by atoms with E-state index in [1.54, 1.807) is 6.26 Å². The highest BCUT2D eigenvalue weighted by Crippen LogP contribution is 2.32. The SMILES string of the molecule is Cc1cccc2c(C[C@H](NC(=O)CCN3C(O)CCC3(C)C)B(O)O)coc12. The number of amides is 1. The summed E-state index contributed by atoms with van der Waals surface area (Å²) in [4.78, 5) is 14.3. The van der Waals surface area contributed by atoms with Crippen molar-refractivity contribution in [2.45, 2.75) is 64.2 Å². The maximum absolute atomic E-state index is 12.4. The van der Waals surface area contributed by atoms with Crippen molar-refractivity contribution in [3.05, 3.63) is 35.6 Å². The van der Waals surface area contributed by atoms with E-state index < -0.39 is 19.3 Å². The number of furan rings is 1. The fraction of sp³-hybridized carbons (Fsp3) is 0.550. The molecule has 1 aromatic heterocycles. The number of carbonyl (C=O) groups is 1. The Morgan fingerprint density at radius 3 is 2.82 bits per heavy atom. The van der Waals surface area contributed by atoms with Crippen LogP contribution in [0.15, 0.2) is 28.9 Å². The molecule has 0 bridgehead atoms. The zero-order valence-corrected chi connectivity index (χ0v) is 16.7. The van der Waals surface area contributed by atoms with Crippen molar-refractivity contribution in [1.29, 1.82) is 0 Å². The molecule has 2 heterocycles. The molecule has 28 heavy (non-hydrogen) atoms. The van der Waals surface area contributed by atoms with E-state index >= 15 is 0 Å². The quantitative estimate of drug-likeness (QED) is 0.534. The summed E-state index contributed by atoms with van der Waals surface area (Å²) in [6.07, 6.45) is 3.05. The molecule has 8 heteroatoms. The number of hydrogen-bond donors (Lipinski definition) is 4. The van der Waals surface area contributed by atoms with E-state index in [9.17, 15) is 19.9 Å². The highest BCUT2D eigenvalue weighted by Gasteiger charge is 2.38. The summed E-state index contributed by atoms with van der Waals surface area (Å²) < 4.78 is 5.60. The van der Waals surface area contributed by atoms with Gasteiger partial charge in [0.1, 0.15) is 11.8 Å². The van der Waals surface area contributed by atoms with E-state index in [-0.39, 0.29) is 24.3 Å². The second-order valence-electron chi connectivity index (χ2n) is 8.28. The fourth-order valence-electron chi connectivity index (χ4n) is 4.02. The Balaban J connectivity index is 1.63. The Morgan fingerprint density at radius 2 is 2.18 bits per heavy atom. The van der Waals surface area contributed by atoms with Gasteiger partial charge in [-0.05, 0) is 51.2 Å². The molecule has 2 atom stereocenters. The van der Waals surface area contributed by atoms with Crippen LogP contribution >= 0.6 is 0 Å². The summed E-state index contributed by atoms with van der Waals surface area (Å²) >= 11 is 0. The van der Waals surface area contributed by atoms with Gasteiger partial charge in [-0.2, -0.15) is 0 Å². The van der Waals surface area contributed by atoms with Crippen molar-refractivity contribution in [1.82, 2.24) is 10.2 Å². The van der Waals surface area contributed by atoms with E-state index in [2.05, 4.69) is 5.32 Å². The summed E-state index contributed by atoms with van der Waals surface area (Å²) in [5.74, 6) is -1.12. The number of nitrogens with zero attached hydrogens (tertiary/aromatic N) is 1. The minimum absolute atomic E-state index is 0.150. The topological polar surface area (TPSA) is 106 Å². The van der Waals surface area contributed by atoms with Crippen LogP contribution in [0.2, 0.25) is 0 Å². The standard InChI is InChI=1S/C20H29BN2O5/c1-13-5-4-6-15-14(12-28-19(13)15)11-16(21(26)27)22-17(24)8-10-23-18(25)7-9-20(23,2)3/h4-6,12,16,18,25-27H,7-11H2,1-3H3,(H,22,24)/t16-,18?/m0/s1. The van der Waals surface area contributed by atoms with Crippen LogP contribution in [0.3, 0.4) is 0 Å². The molecule has 0 aliphatic carbocycles. The first kappa shape index (κ1) is 20.9. The predicted molar refractivity (Wildman–Crippen MR) is 107 cm³/mol. The summed E-state index contributed by atoms with van der Waals surface area (Å²) in [6.45, 7) is 6.47. The first-order chi connectivity index (χ1) is 13.2. The van der Waals surface area contributed by atoms with Gasteiger partial charge in [0.15, 0.2) is 0 Å². The zero-order valence-electron chi connectivity index (χ0n) is 16.7. The lowest BCUT2D eigenvalue weighted by atomic mass is 9.75. The molecule has 1 aliphatic rings. The van der Waals surface area contributed by atoms with Crippen LogP contribution in [0.4, 0.5) is 0 Å². The molecule has 2 aromatic rings. The highest BCUT2D eigenvalue weighted by atomic mass is 16.4. The molecule has 7 nitrogen and oxygen atoms in total. The molecule has 4 N–H and O–H groups in total. The third-order valence-electron chi connectivity index (χ3n) is 5.75. The van der Waals surface area contributed by atoms with Crippen molar-refractivity contribution in [2.24, 2.45) is 0 Å². The molecule has 1 amide bonds. The largest absolute Gasteiger partial charge is 0.475 e. The highest BCUT2D eigenvalue weighted by molar-refractivity contribution is 6.43. The maximum Gasteiger partial charge on any atom is 0.475 e. The number of hydrogen-bond acceptors (Lipinski definition) is 6. The van der Waals surface area contributed by atoms with Gasteiger partial charge in [-0.25, -0.2) is 0 Å². The molecule has 1 aliphatic heterocycles. The van der Waals surface area contributed by atoms with Crippen LogP contribution in [-0.4, -0.2) is 57.3 Å². The van der Waals surface area contributed by atoms with Crippen LogP contribution in [0.25, 0.3) is 11.0 Å². The van der Waals surface area contributed by atoms with E-state index in [0.29, 0.717) is 13.0 Å². The summed E-state index contributed by atoms with van der Waals surface area (Å²) in [6, 6.07) is 5.79. The van der Waals surface area contributed by atoms with Gasteiger partial charge >= 0.3 is 7.12 Å². The number of benzene rings is 1. The smallest absolute Gasteiger partial charge is 0.464 e. The van der Waals surface area contributed by atoms with Gasteiger partial charge in [-0.1, -0.05) is 18.2 Å². The lowest BCUT2D eigenvalue weighted by Gasteiger charge is -2.33. The van der Waals surface area contributed by atoms with Crippen LogP contribution in [0.1, 0.15) is 44.2 Å². The van der Waals surface area contributed by atoms with E-state index in [0.717, 1.165) is 28.5 Å². The van der Waals surface area contributed by atoms with E-state index in [1.165, 1.54) is 0 Å². The average Bonchev–Trinajstić information content (AvgIpc) is 3.14. The lowest BCUT2D eigenvalue weighted by Crippen LogP contribution is -2.49. The minimum Gasteiger partial charge on any atom is -0.464 e. The van der Waals surface area contributed by atoms with Crippen molar-refractivity contribution in [3.63, 3.8) is 0 Å². The van der Waals surface area contributed by atoms with Gasteiger partial charge in [0, 0.05) is 23.9 Å². The number of aryl methyl sites for hydroxylation is 1. The minimum atomic E-state index is -1.69. The monoisotopic (exact) mass is 388 g/mol. The zero-order chi connectivity index (χ0) is 20.5. The number of rotatable bonds is 7. The molecule has 152 valence electrons. The number of aliphatic hydroxyl groups is 1. The third kappa shape index (κ3) is 4.41. The van der Waals surface area contributed by atoms with Crippen LogP contribution < -0.4 is 5.32 Å². The molecule has 1 unspecified atom stereocenters. The Bertz CT molecular complexity index is 835. The molecule has 0 radical (unpaired) electrons. The van der Waals surface area contributed by atoms with Gasteiger partial charge in [-0.15, -0.1) is 0 Å². The van der Waals surface area contributed by atoms with E-state index in [4.69, 9.17) is 4.42 Å². The second-order valence-corrected chi connectivity index (χ2v) is 8.28. The van der Waals surface area contributed by atoms with Gasteiger partial charge < -0.3 is 24.9 Å². The van der Waals surface area contributed by atoms with Crippen LogP contribution in [0.5, 0.6) is 0 Å². The number of aliphatic hydroxyl groups excluding tert-OH is 1. The molecule has 0 saturated carbocycles. The first-order valence-corrected chi connectivity index (χ1v) is 9.75. The Morgan fingerprint density at radius 1 is 1.43 bits per heavy atom. The van der Waals surface area contributed by atoms with Crippen molar-refractivity contribution in [3.8, 4) is 0 Å². The first-order valence-electron chi connectivity index (χ1n) is 9.75. The Labute approximate surface area is 165 Å². The number of para-hydroxylation sites is 1. The summed E-state index contributed by atoms with van der Waals surface area (Å²) in [7, 11) is -1.69. The Kier molecular flexibility index (Phi) is 6.14. The Hall–Kier alpha value is -1.87. The average molecular weight is 388 g/mol. The fourth-order valence-corrected chi connectivity index (χ4v) is 4.02. The van der Waals surface area contributed by atoms with Gasteiger partial charge in [-0.3, -0.25) is 9.69 Å². The van der Waals surface area contributed by atoms with Gasteiger partial charge in [0.25, 0.3) is 0 Å². The van der Waals surface area contributed by atoms with Crippen molar-refractivity contribution < 1.29 is 24.4 Å². The van der Waals surface area contributed by atoms with Crippen LogP contribution in [0, 0.1) is 6.92 Å². The number of fused-ring (bicyclic) bond motifs is 1.